The second-order valence-corrected chi connectivity index (χ2v) is 8.12. The van der Waals surface area contributed by atoms with Crippen LogP contribution in [-0.2, 0) is 6.42 Å². The molecule has 0 aliphatic carbocycles. The van der Waals surface area contributed by atoms with E-state index in [1.165, 1.54) is 0 Å². The van der Waals surface area contributed by atoms with E-state index < -0.39 is 0 Å². The van der Waals surface area contributed by atoms with Crippen LogP contribution in [0.25, 0.3) is 0 Å². The lowest BCUT2D eigenvalue weighted by molar-refractivity contribution is 0.0528. The van der Waals surface area contributed by atoms with Crippen molar-refractivity contribution in [3.63, 3.8) is 0 Å². The van der Waals surface area contributed by atoms with Crippen molar-refractivity contribution in [3.05, 3.63) is 70.2 Å². The monoisotopic (exact) mass is 413 g/mol. The smallest absolute Gasteiger partial charge is 0.293 e. The molecule has 4 rings (SSSR count). The lowest BCUT2D eigenvalue weighted by Gasteiger charge is -2.32. The first-order chi connectivity index (χ1) is 14.0. The third-order valence-corrected chi connectivity index (χ3v) is 5.64. The number of piperidine rings is 1. The molecule has 0 spiro atoms. The maximum absolute atomic E-state index is 13.1. The van der Waals surface area contributed by atoms with Gasteiger partial charge in [0.1, 0.15) is 11.8 Å². The van der Waals surface area contributed by atoms with Crippen LogP contribution in [0.4, 0.5) is 0 Å². The fourth-order valence-corrected chi connectivity index (χ4v) is 3.83. The van der Waals surface area contributed by atoms with E-state index >= 15 is 0 Å². The van der Waals surface area contributed by atoms with Gasteiger partial charge in [-0.25, -0.2) is 4.98 Å². The van der Waals surface area contributed by atoms with Crippen LogP contribution in [0.3, 0.4) is 0 Å². The van der Waals surface area contributed by atoms with Crippen LogP contribution < -0.4 is 0 Å². The Morgan fingerprint density at radius 2 is 2.14 bits per heavy atom. The molecule has 29 heavy (non-hydrogen) atoms. The number of carbonyl (C=O) groups excluding carboxylic acids is 1. The summed E-state index contributed by atoms with van der Waals surface area (Å²) >= 11 is 6.26. The normalized spacial score (nSPS) is 17.1. The molecule has 0 radical (unpaired) electrons. The first-order valence-electron chi connectivity index (χ1n) is 9.98. The Morgan fingerprint density at radius 3 is 2.90 bits per heavy atom. The van der Waals surface area contributed by atoms with Crippen molar-refractivity contribution < 1.29 is 13.7 Å². The zero-order chi connectivity index (χ0) is 20.4. The minimum absolute atomic E-state index is 0.167. The van der Waals surface area contributed by atoms with Crippen LogP contribution >= 0.6 is 11.6 Å². The second kappa shape index (κ2) is 8.41. The number of nitrogens with zero attached hydrogens (tertiary/aromatic N) is 3. The van der Waals surface area contributed by atoms with Crippen molar-refractivity contribution in [3.8, 4) is 0 Å². The predicted octanol–water partition coefficient (Wildman–Crippen LogP) is 5.40. The van der Waals surface area contributed by atoms with Gasteiger partial charge in [-0.1, -0.05) is 48.8 Å². The van der Waals surface area contributed by atoms with Crippen LogP contribution in [0.2, 0.25) is 5.02 Å². The molecule has 3 heterocycles. The molecule has 1 aliphatic heterocycles. The van der Waals surface area contributed by atoms with E-state index in [0.29, 0.717) is 23.9 Å². The topological polar surface area (TPSA) is 72.4 Å². The average molecular weight is 414 g/mol. The summed E-state index contributed by atoms with van der Waals surface area (Å²) in [5.41, 5.74) is 1.76. The van der Waals surface area contributed by atoms with Crippen LogP contribution in [0.5, 0.6) is 0 Å². The van der Waals surface area contributed by atoms with Crippen LogP contribution in [0.15, 0.2) is 45.5 Å². The summed E-state index contributed by atoms with van der Waals surface area (Å²) < 4.78 is 11.3. The Hall–Kier alpha value is -2.60. The van der Waals surface area contributed by atoms with Gasteiger partial charge < -0.3 is 13.8 Å². The van der Waals surface area contributed by atoms with Gasteiger partial charge >= 0.3 is 0 Å². The van der Waals surface area contributed by atoms with Crippen LogP contribution in [0.1, 0.15) is 78.5 Å². The highest BCUT2D eigenvalue weighted by Crippen LogP contribution is 2.33. The maximum Gasteiger partial charge on any atom is 0.293 e. The minimum Gasteiger partial charge on any atom is -0.443 e. The number of carbonyl (C=O) groups is 1. The standard InChI is InChI=1S/C22H24ClN3O3/c1-14(2)18-12-20(29-25-18)22(27)26-10-6-5-9-19(26)21-24-13-16(28-21)11-15-7-3-4-8-17(15)23/h3-4,7-8,12-14,19H,5-6,9-11H2,1-2H3/t19-/m1/s1. The molecule has 1 fully saturated rings. The molecule has 1 amide bonds. The Morgan fingerprint density at radius 1 is 1.31 bits per heavy atom. The van der Waals surface area contributed by atoms with E-state index in [4.69, 9.17) is 20.5 Å². The number of halogens is 1. The number of benzene rings is 1. The Kier molecular flexibility index (Phi) is 5.72. The summed E-state index contributed by atoms with van der Waals surface area (Å²) in [6.07, 6.45) is 5.06. The summed E-state index contributed by atoms with van der Waals surface area (Å²) in [5, 5.41) is 4.71. The van der Waals surface area contributed by atoms with E-state index in [1.807, 2.05) is 38.1 Å². The molecule has 1 saturated heterocycles. The number of amides is 1. The molecule has 0 N–H and O–H groups in total. The van der Waals surface area contributed by atoms with Gasteiger partial charge in [-0.3, -0.25) is 4.79 Å². The highest BCUT2D eigenvalue weighted by atomic mass is 35.5. The average Bonchev–Trinajstić information content (AvgIpc) is 3.39. The zero-order valence-electron chi connectivity index (χ0n) is 16.6. The van der Waals surface area contributed by atoms with Gasteiger partial charge in [0.2, 0.25) is 11.7 Å². The zero-order valence-corrected chi connectivity index (χ0v) is 17.4. The maximum atomic E-state index is 13.1. The molecule has 152 valence electrons. The van der Waals surface area contributed by atoms with Crippen molar-refractivity contribution in [1.29, 1.82) is 0 Å². The summed E-state index contributed by atoms with van der Waals surface area (Å²) in [7, 11) is 0. The Labute approximate surface area is 174 Å². The van der Waals surface area contributed by atoms with E-state index in [2.05, 4.69) is 10.1 Å². The molecule has 1 atom stereocenters. The van der Waals surface area contributed by atoms with Crippen molar-refractivity contribution in [2.45, 2.75) is 51.5 Å². The molecule has 6 nitrogen and oxygen atoms in total. The van der Waals surface area contributed by atoms with Gasteiger partial charge in [-0.05, 0) is 36.8 Å². The van der Waals surface area contributed by atoms with Crippen molar-refractivity contribution in [2.75, 3.05) is 6.54 Å². The van der Waals surface area contributed by atoms with Crippen LogP contribution in [0, 0.1) is 0 Å². The Balaban J connectivity index is 1.54. The SMILES string of the molecule is CC(C)c1cc(C(=O)N2CCCC[C@@H]2c2ncc(Cc3ccccc3Cl)o2)on1. The molecule has 0 bridgehead atoms. The first kappa shape index (κ1) is 19.7. The number of hydrogen-bond acceptors (Lipinski definition) is 5. The summed E-state index contributed by atoms with van der Waals surface area (Å²) in [5.74, 6) is 1.59. The molecule has 0 unspecified atom stereocenters. The van der Waals surface area contributed by atoms with E-state index in [1.54, 1.807) is 17.2 Å². The first-order valence-corrected chi connectivity index (χ1v) is 10.4. The van der Waals surface area contributed by atoms with Gasteiger partial charge in [-0.2, -0.15) is 0 Å². The lowest BCUT2D eigenvalue weighted by atomic mass is 10.0. The Bertz CT molecular complexity index is 995. The number of rotatable bonds is 5. The van der Waals surface area contributed by atoms with Gasteiger partial charge in [-0.15, -0.1) is 0 Å². The molecule has 7 heteroatoms. The third kappa shape index (κ3) is 4.22. The van der Waals surface area contributed by atoms with E-state index in [-0.39, 0.29) is 23.6 Å². The lowest BCUT2D eigenvalue weighted by Crippen LogP contribution is -2.38. The number of likely N-dealkylation sites (tertiary alicyclic amines) is 1. The van der Waals surface area contributed by atoms with E-state index in [0.717, 1.165) is 36.3 Å². The van der Waals surface area contributed by atoms with Gasteiger partial charge in [0.05, 0.1) is 11.9 Å². The molecular formula is C22H24ClN3O3. The minimum atomic E-state index is -0.205. The van der Waals surface area contributed by atoms with Gasteiger partial charge in [0.15, 0.2) is 0 Å². The highest BCUT2D eigenvalue weighted by molar-refractivity contribution is 6.31. The third-order valence-electron chi connectivity index (χ3n) is 5.27. The summed E-state index contributed by atoms with van der Waals surface area (Å²) in [4.78, 5) is 19.3. The molecule has 1 aromatic carbocycles. The number of aromatic nitrogens is 2. The fraction of sp³-hybridized carbons (Fsp3) is 0.409. The van der Waals surface area contributed by atoms with Gasteiger partial charge in [0, 0.05) is 24.1 Å². The molecule has 1 aliphatic rings. The largest absolute Gasteiger partial charge is 0.443 e. The fourth-order valence-electron chi connectivity index (χ4n) is 3.62. The quantitative estimate of drug-likeness (QED) is 0.560. The molecule has 0 saturated carbocycles. The molecule has 3 aromatic rings. The van der Waals surface area contributed by atoms with Crippen molar-refractivity contribution in [1.82, 2.24) is 15.0 Å². The highest BCUT2D eigenvalue weighted by Gasteiger charge is 2.33. The second-order valence-electron chi connectivity index (χ2n) is 7.71. The predicted molar refractivity (Wildman–Crippen MR) is 109 cm³/mol. The molecule has 2 aromatic heterocycles. The van der Waals surface area contributed by atoms with E-state index in [9.17, 15) is 4.79 Å². The van der Waals surface area contributed by atoms with Crippen molar-refractivity contribution >= 4 is 17.5 Å². The molecular weight excluding hydrogens is 390 g/mol. The van der Waals surface area contributed by atoms with Crippen molar-refractivity contribution in [2.24, 2.45) is 0 Å². The van der Waals surface area contributed by atoms with Gasteiger partial charge in [0.25, 0.3) is 5.91 Å². The summed E-state index contributed by atoms with van der Waals surface area (Å²) in [6, 6.07) is 9.20. The number of hydrogen-bond donors (Lipinski definition) is 0. The number of oxazole rings is 1. The van der Waals surface area contributed by atoms with Crippen LogP contribution in [-0.4, -0.2) is 27.5 Å². The summed E-state index contributed by atoms with van der Waals surface area (Å²) in [6.45, 7) is 4.68.